The van der Waals surface area contributed by atoms with E-state index >= 15 is 0 Å². The molecule has 90 valence electrons. The van der Waals surface area contributed by atoms with Crippen molar-refractivity contribution in [1.82, 2.24) is 10.3 Å². The maximum Gasteiger partial charge on any atom is 0.106 e. The number of hydrogen-bond acceptors (Lipinski definition) is 4. The summed E-state index contributed by atoms with van der Waals surface area (Å²) in [5.74, 6) is 0. The Bertz CT molecular complexity index is 291. The molecule has 0 atom stereocenters. The fraction of sp³-hybridized carbons (Fsp3) is 0.750. The van der Waals surface area contributed by atoms with Gasteiger partial charge < -0.3 is 11.1 Å². The summed E-state index contributed by atoms with van der Waals surface area (Å²) in [4.78, 5) is 4.27. The molecule has 1 saturated carbocycles. The summed E-state index contributed by atoms with van der Waals surface area (Å²) in [6, 6.07) is 0. The van der Waals surface area contributed by atoms with Gasteiger partial charge in [-0.1, -0.05) is 19.3 Å². The molecule has 0 amide bonds. The standard InChI is InChI=1S/C12H21N3S/c13-9-12(4-2-1-3-5-12)10-14-8-11-15-6-7-16-11/h6-7,14H,1-5,8-10,13H2. The molecule has 0 radical (unpaired) electrons. The molecule has 16 heavy (non-hydrogen) atoms. The van der Waals surface area contributed by atoms with Crippen molar-refractivity contribution in [3.05, 3.63) is 16.6 Å². The SMILES string of the molecule is NCC1(CNCc2nccs2)CCCCC1. The van der Waals surface area contributed by atoms with Crippen LogP contribution < -0.4 is 11.1 Å². The van der Waals surface area contributed by atoms with Crippen molar-refractivity contribution in [2.45, 2.75) is 38.6 Å². The summed E-state index contributed by atoms with van der Waals surface area (Å²) in [6.07, 6.45) is 8.50. The molecule has 1 aromatic heterocycles. The lowest BCUT2D eigenvalue weighted by molar-refractivity contribution is 0.191. The van der Waals surface area contributed by atoms with Crippen molar-refractivity contribution in [1.29, 1.82) is 0 Å². The van der Waals surface area contributed by atoms with E-state index in [0.29, 0.717) is 5.41 Å². The summed E-state index contributed by atoms with van der Waals surface area (Å²) in [5.41, 5.74) is 6.30. The van der Waals surface area contributed by atoms with Gasteiger partial charge >= 0.3 is 0 Å². The third-order valence-corrected chi connectivity index (χ3v) is 4.39. The number of nitrogens with zero attached hydrogens (tertiary/aromatic N) is 1. The zero-order valence-electron chi connectivity index (χ0n) is 9.74. The second-order valence-electron chi connectivity index (χ2n) is 4.79. The highest BCUT2D eigenvalue weighted by Crippen LogP contribution is 2.34. The van der Waals surface area contributed by atoms with Crippen LogP contribution in [0.15, 0.2) is 11.6 Å². The van der Waals surface area contributed by atoms with Crippen LogP contribution in [0.1, 0.15) is 37.1 Å². The molecular formula is C12H21N3S. The number of hydrogen-bond donors (Lipinski definition) is 2. The van der Waals surface area contributed by atoms with E-state index in [2.05, 4.69) is 10.3 Å². The Labute approximate surface area is 101 Å². The molecule has 1 aromatic rings. The van der Waals surface area contributed by atoms with E-state index in [-0.39, 0.29) is 0 Å². The van der Waals surface area contributed by atoms with Crippen molar-refractivity contribution in [3.63, 3.8) is 0 Å². The molecule has 0 saturated heterocycles. The van der Waals surface area contributed by atoms with Gasteiger partial charge in [-0.2, -0.15) is 0 Å². The van der Waals surface area contributed by atoms with Crippen LogP contribution >= 0.6 is 11.3 Å². The summed E-state index contributed by atoms with van der Waals surface area (Å²) in [5, 5.41) is 6.71. The Morgan fingerprint density at radius 2 is 2.19 bits per heavy atom. The van der Waals surface area contributed by atoms with Gasteiger partial charge in [0, 0.05) is 24.7 Å². The Hall–Kier alpha value is -0.450. The average molecular weight is 239 g/mol. The molecule has 0 unspecified atom stereocenters. The van der Waals surface area contributed by atoms with Crippen LogP contribution in [0.25, 0.3) is 0 Å². The first-order valence-corrected chi connectivity index (χ1v) is 7.02. The molecule has 4 heteroatoms. The van der Waals surface area contributed by atoms with E-state index in [4.69, 9.17) is 5.73 Å². The Morgan fingerprint density at radius 3 is 2.81 bits per heavy atom. The van der Waals surface area contributed by atoms with Crippen LogP contribution in [-0.2, 0) is 6.54 Å². The molecule has 0 spiro atoms. The van der Waals surface area contributed by atoms with Gasteiger partial charge in [-0.15, -0.1) is 11.3 Å². The zero-order valence-corrected chi connectivity index (χ0v) is 10.6. The number of thiazole rings is 1. The highest BCUT2D eigenvalue weighted by molar-refractivity contribution is 7.09. The van der Waals surface area contributed by atoms with Gasteiger partial charge in [0.15, 0.2) is 0 Å². The van der Waals surface area contributed by atoms with Crippen molar-refractivity contribution < 1.29 is 0 Å². The van der Waals surface area contributed by atoms with Crippen LogP contribution in [0.4, 0.5) is 0 Å². The van der Waals surface area contributed by atoms with Crippen LogP contribution in [-0.4, -0.2) is 18.1 Å². The molecule has 1 aliphatic carbocycles. The molecule has 0 bridgehead atoms. The number of nitrogens with one attached hydrogen (secondary N) is 1. The first-order valence-electron chi connectivity index (χ1n) is 6.14. The van der Waals surface area contributed by atoms with Crippen molar-refractivity contribution >= 4 is 11.3 Å². The molecule has 0 aromatic carbocycles. The van der Waals surface area contributed by atoms with E-state index in [1.54, 1.807) is 11.3 Å². The lowest BCUT2D eigenvalue weighted by Gasteiger charge is -2.36. The van der Waals surface area contributed by atoms with Crippen molar-refractivity contribution in [3.8, 4) is 0 Å². The van der Waals surface area contributed by atoms with Crippen LogP contribution in [0.3, 0.4) is 0 Å². The minimum absolute atomic E-state index is 0.357. The number of rotatable bonds is 5. The lowest BCUT2D eigenvalue weighted by atomic mass is 9.74. The summed E-state index contributed by atoms with van der Waals surface area (Å²) < 4.78 is 0. The lowest BCUT2D eigenvalue weighted by Crippen LogP contribution is -2.41. The maximum atomic E-state index is 5.94. The van der Waals surface area contributed by atoms with Crippen LogP contribution in [0.5, 0.6) is 0 Å². The van der Waals surface area contributed by atoms with Crippen molar-refractivity contribution in [2.75, 3.05) is 13.1 Å². The Balaban J connectivity index is 1.78. The highest BCUT2D eigenvalue weighted by Gasteiger charge is 2.29. The van der Waals surface area contributed by atoms with Gasteiger partial charge in [-0.05, 0) is 24.8 Å². The van der Waals surface area contributed by atoms with E-state index in [1.165, 1.54) is 37.1 Å². The quantitative estimate of drug-likeness (QED) is 0.827. The van der Waals surface area contributed by atoms with Gasteiger partial charge in [-0.3, -0.25) is 0 Å². The third-order valence-electron chi connectivity index (χ3n) is 3.61. The molecule has 3 N–H and O–H groups in total. The molecular weight excluding hydrogens is 218 g/mol. The number of nitrogens with two attached hydrogens (primary N) is 1. The molecule has 2 rings (SSSR count). The normalized spacial score (nSPS) is 19.8. The predicted molar refractivity (Wildman–Crippen MR) is 68.4 cm³/mol. The minimum atomic E-state index is 0.357. The first-order chi connectivity index (χ1) is 7.85. The molecule has 3 nitrogen and oxygen atoms in total. The molecule has 1 aliphatic rings. The van der Waals surface area contributed by atoms with E-state index < -0.39 is 0 Å². The largest absolute Gasteiger partial charge is 0.330 e. The number of aromatic nitrogens is 1. The van der Waals surface area contributed by atoms with Gasteiger partial charge in [0.05, 0.1) is 0 Å². The summed E-state index contributed by atoms with van der Waals surface area (Å²) >= 11 is 1.71. The van der Waals surface area contributed by atoms with Crippen molar-refractivity contribution in [2.24, 2.45) is 11.1 Å². The average Bonchev–Trinajstić information content (AvgIpc) is 2.83. The molecule has 0 aliphatic heterocycles. The van der Waals surface area contributed by atoms with Crippen LogP contribution in [0, 0.1) is 5.41 Å². The first kappa shape index (κ1) is 12.0. The zero-order chi connectivity index (χ0) is 11.3. The summed E-state index contributed by atoms with van der Waals surface area (Å²) in [7, 11) is 0. The third kappa shape index (κ3) is 3.03. The maximum absolute atomic E-state index is 5.94. The predicted octanol–water partition coefficient (Wildman–Crippen LogP) is 2.14. The molecule has 1 heterocycles. The fourth-order valence-electron chi connectivity index (χ4n) is 2.53. The van der Waals surface area contributed by atoms with Gasteiger partial charge in [0.1, 0.15) is 5.01 Å². The minimum Gasteiger partial charge on any atom is -0.330 e. The highest BCUT2D eigenvalue weighted by atomic mass is 32.1. The fourth-order valence-corrected chi connectivity index (χ4v) is 3.12. The second kappa shape index (κ2) is 5.75. The molecule has 1 fully saturated rings. The smallest absolute Gasteiger partial charge is 0.106 e. The van der Waals surface area contributed by atoms with Crippen LogP contribution in [0.2, 0.25) is 0 Å². The van der Waals surface area contributed by atoms with E-state index in [1.807, 2.05) is 11.6 Å². The Morgan fingerprint density at radius 1 is 1.38 bits per heavy atom. The topological polar surface area (TPSA) is 50.9 Å². The van der Waals surface area contributed by atoms with Gasteiger partial charge in [0.25, 0.3) is 0 Å². The summed E-state index contributed by atoms with van der Waals surface area (Å²) in [6.45, 7) is 2.75. The second-order valence-corrected chi connectivity index (χ2v) is 5.77. The van der Waals surface area contributed by atoms with E-state index in [0.717, 1.165) is 19.6 Å². The van der Waals surface area contributed by atoms with E-state index in [9.17, 15) is 0 Å². The van der Waals surface area contributed by atoms with Gasteiger partial charge in [0.2, 0.25) is 0 Å². The Kier molecular flexibility index (Phi) is 4.32. The van der Waals surface area contributed by atoms with Gasteiger partial charge in [-0.25, -0.2) is 4.98 Å². The monoisotopic (exact) mass is 239 g/mol.